The maximum absolute atomic E-state index is 12.5. The third-order valence-corrected chi connectivity index (χ3v) is 5.51. The predicted octanol–water partition coefficient (Wildman–Crippen LogP) is 2.95. The van der Waals surface area contributed by atoms with Crippen LogP contribution in [-0.4, -0.2) is 32.2 Å². The lowest BCUT2D eigenvalue weighted by Crippen LogP contribution is -2.08. The highest BCUT2D eigenvalue weighted by molar-refractivity contribution is 7.99. The second-order valence-corrected chi connectivity index (χ2v) is 7.30. The van der Waals surface area contributed by atoms with Crippen LogP contribution in [0.25, 0.3) is 0 Å². The molecule has 24 heavy (non-hydrogen) atoms. The molecule has 4 rings (SSSR count). The average Bonchev–Trinajstić information content (AvgIpc) is 3.28. The first-order valence-corrected chi connectivity index (χ1v) is 9.05. The maximum Gasteiger partial charge on any atom is 0.231 e. The number of fused-ring (bicyclic) bond motifs is 1. The molecular formula is C17H18N4O2S. The summed E-state index contributed by atoms with van der Waals surface area (Å²) in [6.45, 7) is 3.80. The van der Waals surface area contributed by atoms with Crippen LogP contribution < -0.4 is 5.32 Å². The van der Waals surface area contributed by atoms with E-state index in [0.717, 1.165) is 35.1 Å². The first-order valence-electron chi connectivity index (χ1n) is 8.07. The second-order valence-electron chi connectivity index (χ2n) is 6.36. The van der Waals surface area contributed by atoms with Crippen molar-refractivity contribution in [2.45, 2.75) is 43.8 Å². The first-order chi connectivity index (χ1) is 11.5. The summed E-state index contributed by atoms with van der Waals surface area (Å²) in [4.78, 5) is 24.2. The van der Waals surface area contributed by atoms with E-state index in [1.54, 1.807) is 6.07 Å². The molecule has 2 aromatic rings. The fraction of sp³-hybridized carbons (Fsp3) is 0.412. The van der Waals surface area contributed by atoms with Gasteiger partial charge in [0.05, 0.1) is 11.7 Å². The number of Topliss-reactive ketones (excluding diaryl/α,β-unsaturated/α-hetero) is 1. The monoisotopic (exact) mass is 342 g/mol. The highest BCUT2D eigenvalue weighted by Gasteiger charge is 2.29. The number of amides is 1. The summed E-state index contributed by atoms with van der Waals surface area (Å²) < 4.78 is 2.13. The predicted molar refractivity (Wildman–Crippen MR) is 91.6 cm³/mol. The standard InChI is InChI=1S/C17H18N4O2S/c1-9-13-7-11(3-6-14(13)18-16(9)23)15(22)8-24-17-20-19-10(2)21(17)12-4-5-12/h3,6-7,9,12H,4-5,8H2,1-2H3,(H,18,23). The third-order valence-electron chi connectivity index (χ3n) is 4.57. The smallest absolute Gasteiger partial charge is 0.231 e. The van der Waals surface area contributed by atoms with Gasteiger partial charge in [-0.15, -0.1) is 10.2 Å². The number of carbonyl (C=O) groups excluding carboxylic acids is 2. The van der Waals surface area contributed by atoms with Crippen LogP contribution in [0.2, 0.25) is 0 Å². The molecular weight excluding hydrogens is 324 g/mol. The number of carbonyl (C=O) groups is 2. The molecule has 2 heterocycles. The van der Waals surface area contributed by atoms with Crippen molar-refractivity contribution in [3.8, 4) is 0 Å². The normalized spacial score (nSPS) is 19.2. The van der Waals surface area contributed by atoms with E-state index >= 15 is 0 Å². The molecule has 2 aliphatic rings. The van der Waals surface area contributed by atoms with Crippen LogP contribution in [0.1, 0.15) is 53.5 Å². The van der Waals surface area contributed by atoms with Crippen LogP contribution in [0.3, 0.4) is 0 Å². The van der Waals surface area contributed by atoms with Crippen LogP contribution >= 0.6 is 11.8 Å². The molecule has 1 amide bonds. The maximum atomic E-state index is 12.5. The molecule has 0 saturated heterocycles. The summed E-state index contributed by atoms with van der Waals surface area (Å²) in [7, 11) is 0. The fourth-order valence-electron chi connectivity index (χ4n) is 3.01. The zero-order valence-electron chi connectivity index (χ0n) is 13.6. The Labute approximate surface area is 144 Å². The van der Waals surface area contributed by atoms with E-state index in [9.17, 15) is 9.59 Å². The topological polar surface area (TPSA) is 76.9 Å². The first kappa shape index (κ1) is 15.4. The van der Waals surface area contributed by atoms with Crippen molar-refractivity contribution in [1.82, 2.24) is 14.8 Å². The molecule has 1 aromatic heterocycles. The Kier molecular flexibility index (Phi) is 3.68. The van der Waals surface area contributed by atoms with E-state index in [4.69, 9.17) is 0 Å². The highest BCUT2D eigenvalue weighted by atomic mass is 32.2. The molecule has 1 fully saturated rings. The molecule has 1 saturated carbocycles. The quantitative estimate of drug-likeness (QED) is 0.668. The minimum atomic E-state index is -0.207. The van der Waals surface area contributed by atoms with Gasteiger partial charge in [-0.1, -0.05) is 11.8 Å². The van der Waals surface area contributed by atoms with Gasteiger partial charge in [-0.05, 0) is 50.5 Å². The van der Waals surface area contributed by atoms with Crippen LogP contribution in [0.15, 0.2) is 23.4 Å². The van der Waals surface area contributed by atoms with Crippen molar-refractivity contribution < 1.29 is 9.59 Å². The van der Waals surface area contributed by atoms with Crippen molar-refractivity contribution in [3.63, 3.8) is 0 Å². The summed E-state index contributed by atoms with van der Waals surface area (Å²) in [5, 5.41) is 12.0. The molecule has 6 nitrogen and oxygen atoms in total. The van der Waals surface area contributed by atoms with Gasteiger partial charge in [0, 0.05) is 17.3 Å². The number of nitrogens with zero attached hydrogens (tertiary/aromatic N) is 3. The number of hydrogen-bond acceptors (Lipinski definition) is 5. The molecule has 0 bridgehead atoms. The van der Waals surface area contributed by atoms with E-state index in [2.05, 4.69) is 20.1 Å². The van der Waals surface area contributed by atoms with E-state index in [1.165, 1.54) is 11.8 Å². The number of hydrogen-bond donors (Lipinski definition) is 1. The number of thioether (sulfide) groups is 1. The largest absolute Gasteiger partial charge is 0.325 e. The highest BCUT2D eigenvalue weighted by Crippen LogP contribution is 2.38. The molecule has 7 heteroatoms. The Balaban J connectivity index is 1.49. The zero-order chi connectivity index (χ0) is 16.8. The van der Waals surface area contributed by atoms with Crippen LogP contribution in [0.4, 0.5) is 5.69 Å². The van der Waals surface area contributed by atoms with Crippen molar-refractivity contribution in [1.29, 1.82) is 0 Å². The SMILES string of the molecule is Cc1nnc(SCC(=O)c2ccc3c(c2)C(C)C(=O)N3)n1C1CC1. The second kappa shape index (κ2) is 5.73. The Morgan fingerprint density at radius 2 is 2.17 bits per heavy atom. The van der Waals surface area contributed by atoms with Gasteiger partial charge in [0.2, 0.25) is 5.91 Å². The van der Waals surface area contributed by atoms with E-state index in [0.29, 0.717) is 17.4 Å². The number of benzene rings is 1. The van der Waals surface area contributed by atoms with Gasteiger partial charge in [0.25, 0.3) is 0 Å². The van der Waals surface area contributed by atoms with E-state index < -0.39 is 0 Å². The minimum absolute atomic E-state index is 0.0167. The Bertz CT molecular complexity index is 841. The lowest BCUT2D eigenvalue weighted by Gasteiger charge is -2.07. The van der Waals surface area contributed by atoms with Crippen LogP contribution in [0.5, 0.6) is 0 Å². The van der Waals surface area contributed by atoms with Crippen molar-refractivity contribution in [2.24, 2.45) is 0 Å². The van der Waals surface area contributed by atoms with Gasteiger partial charge < -0.3 is 9.88 Å². The Hall–Kier alpha value is -2.15. The number of ketones is 1. The number of anilines is 1. The number of nitrogens with one attached hydrogen (secondary N) is 1. The minimum Gasteiger partial charge on any atom is -0.325 e. The summed E-state index contributed by atoms with van der Waals surface area (Å²) in [6, 6.07) is 5.91. The van der Waals surface area contributed by atoms with E-state index in [1.807, 2.05) is 26.0 Å². The number of aromatic nitrogens is 3. The van der Waals surface area contributed by atoms with Crippen molar-refractivity contribution in [3.05, 3.63) is 35.2 Å². The molecule has 1 atom stereocenters. The van der Waals surface area contributed by atoms with Gasteiger partial charge in [0.1, 0.15) is 5.82 Å². The fourth-order valence-corrected chi connectivity index (χ4v) is 3.95. The lowest BCUT2D eigenvalue weighted by atomic mass is 9.99. The van der Waals surface area contributed by atoms with Crippen LogP contribution in [-0.2, 0) is 4.79 Å². The van der Waals surface area contributed by atoms with Gasteiger partial charge in [0.15, 0.2) is 10.9 Å². The van der Waals surface area contributed by atoms with Gasteiger partial charge in [-0.25, -0.2) is 0 Å². The molecule has 1 aromatic carbocycles. The summed E-state index contributed by atoms with van der Waals surface area (Å²) in [5.74, 6) is 1.04. The van der Waals surface area contributed by atoms with Gasteiger partial charge in [-0.2, -0.15) is 0 Å². The number of rotatable bonds is 5. The molecule has 124 valence electrons. The lowest BCUT2D eigenvalue weighted by molar-refractivity contribution is -0.116. The molecule has 1 aliphatic carbocycles. The Morgan fingerprint density at radius 3 is 2.92 bits per heavy atom. The third kappa shape index (κ3) is 2.62. The Morgan fingerprint density at radius 1 is 1.38 bits per heavy atom. The number of aryl methyl sites for hydroxylation is 1. The summed E-state index contributed by atoms with van der Waals surface area (Å²) in [5.41, 5.74) is 2.34. The molecule has 1 N–H and O–H groups in total. The zero-order valence-corrected chi connectivity index (χ0v) is 14.4. The van der Waals surface area contributed by atoms with E-state index in [-0.39, 0.29) is 17.6 Å². The molecule has 0 spiro atoms. The van der Waals surface area contributed by atoms with Gasteiger partial charge in [-0.3, -0.25) is 9.59 Å². The summed E-state index contributed by atoms with van der Waals surface area (Å²) in [6.07, 6.45) is 2.31. The van der Waals surface area contributed by atoms with Gasteiger partial charge >= 0.3 is 0 Å². The summed E-state index contributed by atoms with van der Waals surface area (Å²) >= 11 is 1.43. The molecule has 1 unspecified atom stereocenters. The van der Waals surface area contributed by atoms with Crippen molar-refractivity contribution >= 4 is 29.1 Å². The average molecular weight is 342 g/mol. The van der Waals surface area contributed by atoms with Crippen molar-refractivity contribution in [2.75, 3.05) is 11.1 Å². The molecule has 0 radical (unpaired) electrons. The van der Waals surface area contributed by atoms with Crippen LogP contribution in [0, 0.1) is 6.92 Å². The molecule has 1 aliphatic heterocycles.